The van der Waals surface area contributed by atoms with E-state index in [1.165, 1.54) is 12.8 Å². The third-order valence-corrected chi connectivity index (χ3v) is 3.97. The molecule has 1 unspecified atom stereocenters. The maximum atomic E-state index is 10.5. The summed E-state index contributed by atoms with van der Waals surface area (Å²) >= 11 is 0. The second-order valence-electron chi connectivity index (χ2n) is 5.39. The van der Waals surface area contributed by atoms with Crippen LogP contribution in [0.4, 0.5) is 0 Å². The van der Waals surface area contributed by atoms with Crippen LogP contribution in [-0.2, 0) is 0 Å². The van der Waals surface area contributed by atoms with Crippen LogP contribution >= 0.6 is 0 Å². The smallest absolute Gasteiger partial charge is 0.0798 e. The Morgan fingerprint density at radius 2 is 2.00 bits per heavy atom. The van der Waals surface area contributed by atoms with E-state index in [4.69, 9.17) is 0 Å². The lowest BCUT2D eigenvalue weighted by Crippen LogP contribution is -2.53. The number of hydrogen-bond donors (Lipinski definition) is 3. The normalized spacial score (nSPS) is 30.6. The monoisotopic (exact) mass is 227 g/mol. The molecule has 0 radical (unpaired) electrons. The molecule has 2 rings (SSSR count). The molecular formula is C12H25N3O. The summed E-state index contributed by atoms with van der Waals surface area (Å²) in [5, 5.41) is 17.2. The summed E-state index contributed by atoms with van der Waals surface area (Å²) in [6.07, 6.45) is 4.29. The van der Waals surface area contributed by atoms with E-state index in [1.54, 1.807) is 0 Å². The van der Waals surface area contributed by atoms with Crippen molar-refractivity contribution in [2.24, 2.45) is 0 Å². The van der Waals surface area contributed by atoms with Gasteiger partial charge in [0.15, 0.2) is 0 Å². The molecule has 0 spiro atoms. The van der Waals surface area contributed by atoms with Crippen molar-refractivity contribution in [1.29, 1.82) is 0 Å². The van der Waals surface area contributed by atoms with E-state index in [0.29, 0.717) is 6.04 Å². The van der Waals surface area contributed by atoms with Crippen LogP contribution in [0, 0.1) is 0 Å². The Morgan fingerprint density at radius 3 is 2.62 bits per heavy atom. The van der Waals surface area contributed by atoms with Crippen molar-refractivity contribution in [3.63, 3.8) is 0 Å². The number of hydrogen-bond acceptors (Lipinski definition) is 4. The third-order valence-electron chi connectivity index (χ3n) is 3.97. The van der Waals surface area contributed by atoms with E-state index < -0.39 is 5.60 Å². The molecule has 0 aliphatic carbocycles. The Hall–Kier alpha value is -0.160. The van der Waals surface area contributed by atoms with Crippen LogP contribution in [-0.4, -0.2) is 61.4 Å². The molecule has 0 saturated carbocycles. The van der Waals surface area contributed by atoms with Crippen molar-refractivity contribution in [3.8, 4) is 0 Å². The lowest BCUT2D eigenvalue weighted by atomic mass is 9.91. The molecule has 4 heteroatoms. The van der Waals surface area contributed by atoms with Crippen LogP contribution in [0.25, 0.3) is 0 Å². The first-order chi connectivity index (χ1) is 7.70. The first-order valence-corrected chi connectivity index (χ1v) is 6.54. The quantitative estimate of drug-likeness (QED) is 0.624. The van der Waals surface area contributed by atoms with E-state index in [-0.39, 0.29) is 0 Å². The largest absolute Gasteiger partial charge is 0.388 e. The van der Waals surface area contributed by atoms with Crippen LogP contribution in [0.1, 0.15) is 25.7 Å². The maximum absolute atomic E-state index is 10.5. The fourth-order valence-electron chi connectivity index (χ4n) is 2.85. The van der Waals surface area contributed by atoms with Crippen LogP contribution in [0.5, 0.6) is 0 Å². The van der Waals surface area contributed by atoms with Crippen molar-refractivity contribution in [2.75, 3.05) is 39.8 Å². The lowest BCUT2D eigenvalue weighted by molar-refractivity contribution is -0.0259. The number of likely N-dealkylation sites (N-methyl/N-ethyl adjacent to an activating group) is 1. The summed E-state index contributed by atoms with van der Waals surface area (Å²) in [5.41, 5.74) is -0.461. The molecule has 16 heavy (non-hydrogen) atoms. The number of aliphatic hydroxyl groups is 1. The van der Waals surface area contributed by atoms with Crippen molar-refractivity contribution in [1.82, 2.24) is 15.5 Å². The predicted molar refractivity (Wildman–Crippen MR) is 65.6 cm³/mol. The standard InChI is InChI=1S/C12H25N3O/c1-15(11-3-2-6-14-9-11)10-12(16)4-7-13-8-5-12/h11,13-14,16H,2-10H2,1H3. The Balaban J connectivity index is 1.82. The molecule has 0 aromatic rings. The highest BCUT2D eigenvalue weighted by Crippen LogP contribution is 2.21. The van der Waals surface area contributed by atoms with Gasteiger partial charge in [0.2, 0.25) is 0 Å². The minimum atomic E-state index is -0.461. The van der Waals surface area contributed by atoms with Gasteiger partial charge in [0.05, 0.1) is 5.60 Å². The molecule has 2 fully saturated rings. The molecule has 2 saturated heterocycles. The van der Waals surface area contributed by atoms with Gasteiger partial charge in [-0.1, -0.05) is 0 Å². The minimum Gasteiger partial charge on any atom is -0.388 e. The lowest BCUT2D eigenvalue weighted by Gasteiger charge is -2.40. The van der Waals surface area contributed by atoms with Crippen molar-refractivity contribution < 1.29 is 5.11 Å². The molecule has 0 bridgehead atoms. The van der Waals surface area contributed by atoms with Gasteiger partial charge in [0.1, 0.15) is 0 Å². The predicted octanol–water partition coefficient (Wildman–Crippen LogP) is -0.215. The average Bonchev–Trinajstić information content (AvgIpc) is 2.30. The highest BCUT2D eigenvalue weighted by atomic mass is 16.3. The van der Waals surface area contributed by atoms with Crippen molar-refractivity contribution >= 4 is 0 Å². The molecule has 2 aliphatic rings. The summed E-state index contributed by atoms with van der Waals surface area (Å²) in [6.45, 7) is 4.95. The average molecular weight is 227 g/mol. The molecule has 0 aromatic heterocycles. The third kappa shape index (κ3) is 3.17. The van der Waals surface area contributed by atoms with Gasteiger partial charge in [0.25, 0.3) is 0 Å². The second kappa shape index (κ2) is 5.45. The fourth-order valence-corrected chi connectivity index (χ4v) is 2.85. The maximum Gasteiger partial charge on any atom is 0.0798 e. The van der Waals surface area contributed by atoms with Crippen molar-refractivity contribution in [3.05, 3.63) is 0 Å². The summed E-state index contributed by atoms with van der Waals surface area (Å²) in [6, 6.07) is 0.604. The zero-order valence-corrected chi connectivity index (χ0v) is 10.3. The Labute approximate surface area is 98.4 Å². The van der Waals surface area contributed by atoms with Crippen LogP contribution < -0.4 is 10.6 Å². The summed E-state index contributed by atoms with van der Waals surface area (Å²) in [7, 11) is 2.15. The van der Waals surface area contributed by atoms with E-state index in [9.17, 15) is 5.11 Å². The van der Waals surface area contributed by atoms with Gasteiger partial charge in [-0.05, 0) is 52.4 Å². The minimum absolute atomic E-state index is 0.461. The van der Waals surface area contributed by atoms with Gasteiger partial charge >= 0.3 is 0 Å². The molecule has 3 N–H and O–H groups in total. The summed E-state index contributed by atoms with van der Waals surface area (Å²) in [5.74, 6) is 0. The first-order valence-electron chi connectivity index (χ1n) is 6.54. The highest BCUT2D eigenvalue weighted by Gasteiger charge is 2.32. The first kappa shape index (κ1) is 12.3. The van der Waals surface area contributed by atoms with Gasteiger partial charge in [0, 0.05) is 19.1 Å². The van der Waals surface area contributed by atoms with Gasteiger partial charge < -0.3 is 15.7 Å². The van der Waals surface area contributed by atoms with Crippen molar-refractivity contribution in [2.45, 2.75) is 37.3 Å². The number of piperidine rings is 2. The Bertz CT molecular complexity index is 210. The number of nitrogens with zero attached hydrogens (tertiary/aromatic N) is 1. The fraction of sp³-hybridized carbons (Fsp3) is 1.00. The highest BCUT2D eigenvalue weighted by molar-refractivity contribution is 4.89. The second-order valence-corrected chi connectivity index (χ2v) is 5.39. The van der Waals surface area contributed by atoms with Gasteiger partial charge in [-0.15, -0.1) is 0 Å². The molecule has 0 amide bonds. The van der Waals surface area contributed by atoms with Gasteiger partial charge in [-0.2, -0.15) is 0 Å². The van der Waals surface area contributed by atoms with E-state index in [2.05, 4.69) is 22.6 Å². The summed E-state index contributed by atoms with van der Waals surface area (Å²) in [4.78, 5) is 2.34. The molecular weight excluding hydrogens is 202 g/mol. The number of rotatable bonds is 3. The van der Waals surface area contributed by atoms with Gasteiger partial charge in [-0.25, -0.2) is 0 Å². The van der Waals surface area contributed by atoms with Crippen LogP contribution in [0.15, 0.2) is 0 Å². The van der Waals surface area contributed by atoms with E-state index in [0.717, 1.165) is 45.6 Å². The Morgan fingerprint density at radius 1 is 1.25 bits per heavy atom. The molecule has 0 aromatic carbocycles. The molecule has 2 aliphatic heterocycles. The SMILES string of the molecule is CN(CC1(O)CCNCC1)C1CCCNC1. The topological polar surface area (TPSA) is 47.5 Å². The molecule has 2 heterocycles. The van der Waals surface area contributed by atoms with Gasteiger partial charge in [-0.3, -0.25) is 4.90 Å². The zero-order chi connectivity index (χ0) is 11.4. The zero-order valence-electron chi connectivity index (χ0n) is 10.3. The van der Waals surface area contributed by atoms with Crippen LogP contribution in [0.2, 0.25) is 0 Å². The summed E-state index contributed by atoms with van der Waals surface area (Å²) < 4.78 is 0. The van der Waals surface area contributed by atoms with Crippen LogP contribution in [0.3, 0.4) is 0 Å². The van der Waals surface area contributed by atoms with E-state index >= 15 is 0 Å². The number of nitrogens with one attached hydrogen (secondary N) is 2. The molecule has 4 nitrogen and oxygen atoms in total. The molecule has 94 valence electrons. The molecule has 1 atom stereocenters. The Kier molecular flexibility index (Phi) is 4.19. The van der Waals surface area contributed by atoms with E-state index in [1.807, 2.05) is 0 Å².